The van der Waals surface area contributed by atoms with Crippen molar-refractivity contribution in [2.75, 3.05) is 0 Å². The van der Waals surface area contributed by atoms with E-state index in [0.717, 1.165) is 6.08 Å². The summed E-state index contributed by atoms with van der Waals surface area (Å²) in [6.45, 7) is 0. The van der Waals surface area contributed by atoms with Crippen LogP contribution in [0.2, 0.25) is 0 Å². The summed E-state index contributed by atoms with van der Waals surface area (Å²) in [7, 11) is 0. The van der Waals surface area contributed by atoms with Gasteiger partial charge in [0, 0.05) is 16.6 Å². The van der Waals surface area contributed by atoms with E-state index in [9.17, 15) is 14.9 Å². The van der Waals surface area contributed by atoms with Crippen LogP contribution in [-0.4, -0.2) is 10.8 Å². The number of nitro groups is 1. The number of nitrogens with zero attached hydrogens (tertiary/aromatic N) is 1. The van der Waals surface area contributed by atoms with Gasteiger partial charge in [-0.05, 0) is 18.2 Å². The molecular formula is C9H7BrN2O3. The SMILES string of the molecule is NC(=O)C=Cc1ccc(Br)cc1[N+](=O)[O-]. The summed E-state index contributed by atoms with van der Waals surface area (Å²) in [5.41, 5.74) is 5.15. The highest BCUT2D eigenvalue weighted by atomic mass is 79.9. The second-order valence-electron chi connectivity index (χ2n) is 2.70. The number of rotatable bonds is 3. The topological polar surface area (TPSA) is 86.2 Å². The van der Waals surface area contributed by atoms with E-state index in [1.54, 1.807) is 6.07 Å². The van der Waals surface area contributed by atoms with Gasteiger partial charge in [0.15, 0.2) is 0 Å². The Morgan fingerprint density at radius 1 is 1.53 bits per heavy atom. The van der Waals surface area contributed by atoms with Crippen molar-refractivity contribution in [2.45, 2.75) is 0 Å². The van der Waals surface area contributed by atoms with Crippen LogP contribution in [0.1, 0.15) is 5.56 Å². The lowest BCUT2D eigenvalue weighted by atomic mass is 10.1. The van der Waals surface area contributed by atoms with E-state index in [1.165, 1.54) is 18.2 Å². The lowest BCUT2D eigenvalue weighted by Gasteiger charge is -1.97. The minimum absolute atomic E-state index is 0.0816. The highest BCUT2D eigenvalue weighted by molar-refractivity contribution is 9.10. The number of amides is 1. The minimum atomic E-state index is -0.646. The van der Waals surface area contributed by atoms with Crippen molar-refractivity contribution in [1.29, 1.82) is 0 Å². The largest absolute Gasteiger partial charge is 0.366 e. The Morgan fingerprint density at radius 3 is 2.73 bits per heavy atom. The van der Waals surface area contributed by atoms with E-state index in [4.69, 9.17) is 5.73 Å². The van der Waals surface area contributed by atoms with Gasteiger partial charge < -0.3 is 5.73 Å². The van der Waals surface area contributed by atoms with Crippen LogP contribution >= 0.6 is 15.9 Å². The van der Waals surface area contributed by atoms with Crippen LogP contribution in [0.3, 0.4) is 0 Å². The van der Waals surface area contributed by atoms with E-state index in [2.05, 4.69) is 15.9 Å². The van der Waals surface area contributed by atoms with Crippen LogP contribution in [-0.2, 0) is 4.79 Å². The Kier molecular flexibility index (Phi) is 3.56. The average molecular weight is 271 g/mol. The third-order valence-electron chi connectivity index (χ3n) is 1.62. The van der Waals surface area contributed by atoms with Crippen LogP contribution in [0, 0.1) is 10.1 Å². The van der Waals surface area contributed by atoms with Gasteiger partial charge in [0.1, 0.15) is 0 Å². The highest BCUT2D eigenvalue weighted by Gasteiger charge is 2.11. The van der Waals surface area contributed by atoms with Gasteiger partial charge in [-0.1, -0.05) is 15.9 Å². The zero-order valence-electron chi connectivity index (χ0n) is 7.51. The molecule has 0 saturated heterocycles. The second-order valence-corrected chi connectivity index (χ2v) is 3.61. The lowest BCUT2D eigenvalue weighted by Crippen LogP contribution is -2.05. The third-order valence-corrected chi connectivity index (χ3v) is 2.11. The van der Waals surface area contributed by atoms with Crippen molar-refractivity contribution in [1.82, 2.24) is 0 Å². The van der Waals surface area contributed by atoms with Crippen LogP contribution in [0.5, 0.6) is 0 Å². The van der Waals surface area contributed by atoms with Crippen molar-refractivity contribution >= 4 is 33.6 Å². The lowest BCUT2D eigenvalue weighted by molar-refractivity contribution is -0.385. The van der Waals surface area contributed by atoms with Crippen LogP contribution in [0.25, 0.3) is 6.08 Å². The average Bonchev–Trinajstić information content (AvgIpc) is 2.15. The second kappa shape index (κ2) is 4.70. The van der Waals surface area contributed by atoms with Crippen molar-refractivity contribution in [2.24, 2.45) is 5.73 Å². The number of carbonyl (C=O) groups excluding carboxylic acids is 1. The summed E-state index contributed by atoms with van der Waals surface area (Å²) in [5, 5.41) is 10.7. The minimum Gasteiger partial charge on any atom is -0.366 e. The molecule has 15 heavy (non-hydrogen) atoms. The molecule has 0 bridgehead atoms. The summed E-state index contributed by atoms with van der Waals surface area (Å²) in [4.78, 5) is 20.6. The first-order valence-electron chi connectivity index (χ1n) is 3.92. The zero-order chi connectivity index (χ0) is 11.4. The molecule has 6 heteroatoms. The molecule has 0 aliphatic rings. The monoisotopic (exact) mass is 270 g/mol. The summed E-state index contributed by atoms with van der Waals surface area (Å²) >= 11 is 3.12. The predicted molar refractivity (Wildman–Crippen MR) is 59.0 cm³/mol. The summed E-state index contributed by atoms with van der Waals surface area (Å²) in [6.07, 6.45) is 2.39. The maximum atomic E-state index is 10.7. The molecular weight excluding hydrogens is 264 g/mol. The molecule has 78 valence electrons. The molecule has 1 aromatic carbocycles. The molecule has 0 aromatic heterocycles. The number of primary amides is 1. The Labute approximate surface area is 93.9 Å². The van der Waals surface area contributed by atoms with Crippen molar-refractivity contribution in [3.05, 3.63) is 44.4 Å². The molecule has 0 spiro atoms. The van der Waals surface area contributed by atoms with Gasteiger partial charge in [-0.15, -0.1) is 0 Å². The van der Waals surface area contributed by atoms with E-state index in [0.29, 0.717) is 10.0 Å². The molecule has 0 unspecified atom stereocenters. The maximum Gasteiger partial charge on any atom is 0.277 e. The normalized spacial score (nSPS) is 10.5. The van der Waals surface area contributed by atoms with Gasteiger partial charge in [-0.2, -0.15) is 0 Å². The van der Waals surface area contributed by atoms with Crippen LogP contribution < -0.4 is 5.73 Å². The maximum absolute atomic E-state index is 10.7. The van der Waals surface area contributed by atoms with Gasteiger partial charge in [-0.3, -0.25) is 14.9 Å². The van der Waals surface area contributed by atoms with Gasteiger partial charge in [0.05, 0.1) is 10.5 Å². The predicted octanol–water partition coefficient (Wildman–Crippen LogP) is 1.86. The zero-order valence-corrected chi connectivity index (χ0v) is 9.10. The molecule has 1 amide bonds. The van der Waals surface area contributed by atoms with Crippen LogP contribution in [0.4, 0.5) is 5.69 Å². The number of carbonyl (C=O) groups is 1. The van der Waals surface area contributed by atoms with Crippen molar-refractivity contribution in [3.63, 3.8) is 0 Å². The van der Waals surface area contributed by atoms with Crippen LogP contribution in [0.15, 0.2) is 28.7 Å². The molecule has 2 N–H and O–H groups in total. The van der Waals surface area contributed by atoms with E-state index >= 15 is 0 Å². The first-order valence-corrected chi connectivity index (χ1v) is 4.71. The van der Waals surface area contributed by atoms with Gasteiger partial charge in [0.25, 0.3) is 5.69 Å². The van der Waals surface area contributed by atoms with Gasteiger partial charge in [0.2, 0.25) is 5.91 Å². The van der Waals surface area contributed by atoms with Crippen molar-refractivity contribution < 1.29 is 9.72 Å². The number of nitrogens with two attached hydrogens (primary N) is 1. The fraction of sp³-hybridized carbons (Fsp3) is 0. The van der Waals surface area contributed by atoms with E-state index in [-0.39, 0.29) is 5.69 Å². The van der Waals surface area contributed by atoms with E-state index < -0.39 is 10.8 Å². The molecule has 1 rings (SSSR count). The number of nitro benzene ring substituents is 1. The third kappa shape index (κ3) is 3.17. The molecule has 0 aliphatic carbocycles. The molecule has 0 fully saturated rings. The Hall–Kier alpha value is -1.69. The van der Waals surface area contributed by atoms with Gasteiger partial charge >= 0.3 is 0 Å². The molecule has 0 radical (unpaired) electrons. The summed E-state index contributed by atoms with van der Waals surface area (Å²) in [6, 6.07) is 4.54. The number of hydrogen-bond acceptors (Lipinski definition) is 3. The Balaban J connectivity index is 3.17. The molecule has 0 aliphatic heterocycles. The van der Waals surface area contributed by atoms with Gasteiger partial charge in [-0.25, -0.2) is 0 Å². The Morgan fingerprint density at radius 2 is 2.20 bits per heavy atom. The first-order chi connectivity index (χ1) is 7.00. The highest BCUT2D eigenvalue weighted by Crippen LogP contribution is 2.24. The fourth-order valence-electron chi connectivity index (χ4n) is 0.988. The quantitative estimate of drug-likeness (QED) is 0.517. The molecule has 5 nitrogen and oxygen atoms in total. The molecule has 1 aromatic rings. The number of halogens is 1. The Bertz CT molecular complexity index is 443. The number of hydrogen-bond donors (Lipinski definition) is 1. The standard InChI is InChI=1S/C9H7BrN2O3/c10-7-3-1-6(2-4-9(11)13)8(5-7)12(14)15/h1-5H,(H2,11,13). The number of benzene rings is 1. The molecule has 0 saturated carbocycles. The summed E-state index contributed by atoms with van der Waals surface area (Å²) in [5.74, 6) is -0.646. The van der Waals surface area contributed by atoms with Crippen molar-refractivity contribution in [3.8, 4) is 0 Å². The smallest absolute Gasteiger partial charge is 0.277 e. The first kappa shape index (κ1) is 11.4. The van der Waals surface area contributed by atoms with E-state index in [1.807, 2.05) is 0 Å². The molecule has 0 heterocycles. The summed E-state index contributed by atoms with van der Waals surface area (Å²) < 4.78 is 0.602. The molecule has 0 atom stereocenters. The fourth-order valence-corrected chi connectivity index (χ4v) is 1.34.